The van der Waals surface area contributed by atoms with Gasteiger partial charge in [-0.25, -0.2) is 4.79 Å². The number of benzene rings is 1. The minimum atomic E-state index is -0.398. The second kappa shape index (κ2) is 10.6. The number of ether oxygens (including phenoxy) is 3. The average molecular weight is 338 g/mol. The van der Waals surface area contributed by atoms with Crippen LogP contribution >= 0.6 is 0 Å². The lowest BCUT2D eigenvalue weighted by atomic mass is 10.1. The number of amides is 1. The summed E-state index contributed by atoms with van der Waals surface area (Å²) in [5.41, 5.74) is 1.66. The van der Waals surface area contributed by atoms with Crippen LogP contribution in [0, 0.1) is 0 Å². The normalized spacial score (nSPS) is 10.5. The molecule has 1 amide bonds. The molecule has 2 N–H and O–H groups in total. The van der Waals surface area contributed by atoms with Crippen LogP contribution in [-0.2, 0) is 19.0 Å². The van der Waals surface area contributed by atoms with Gasteiger partial charge in [-0.15, -0.1) is 0 Å². The molecule has 1 rings (SSSR count). The Labute approximate surface area is 142 Å². The van der Waals surface area contributed by atoms with Crippen molar-refractivity contribution in [2.24, 2.45) is 0 Å². The molecule has 7 nitrogen and oxygen atoms in total. The summed E-state index contributed by atoms with van der Waals surface area (Å²) in [5, 5.41) is 5.98. The van der Waals surface area contributed by atoms with Crippen molar-refractivity contribution in [3.63, 3.8) is 0 Å². The Kier molecular flexibility index (Phi) is 8.81. The molecule has 134 valence electrons. The largest absolute Gasteiger partial charge is 0.462 e. The third-order valence-electron chi connectivity index (χ3n) is 2.91. The Hall–Kier alpha value is -2.12. The summed E-state index contributed by atoms with van der Waals surface area (Å²) in [6.07, 6.45) is 0. The van der Waals surface area contributed by atoms with Crippen LogP contribution in [-0.4, -0.2) is 51.5 Å². The van der Waals surface area contributed by atoms with Crippen molar-refractivity contribution < 1.29 is 23.8 Å². The number of anilines is 2. The molecule has 0 aliphatic carbocycles. The lowest BCUT2D eigenvalue weighted by molar-refractivity contribution is -0.121. The standard InChI is InChI=1S/C17H26N2O5/c1-5-24-17(21)13-6-7-14(15(10-13)18-12(2)3)19-16(20)11-23-9-8-22-4/h6-7,10,12,18H,5,8-9,11H2,1-4H3,(H,19,20). The Bertz CT molecular complexity index is 546. The second-order valence-electron chi connectivity index (χ2n) is 5.37. The quantitative estimate of drug-likeness (QED) is 0.503. The molecule has 7 heteroatoms. The first-order valence-corrected chi connectivity index (χ1v) is 7.92. The summed E-state index contributed by atoms with van der Waals surface area (Å²) in [6, 6.07) is 5.09. The fraction of sp³-hybridized carbons (Fsp3) is 0.529. The number of hydrogen-bond donors (Lipinski definition) is 2. The lowest BCUT2D eigenvalue weighted by Gasteiger charge is -2.17. The van der Waals surface area contributed by atoms with Gasteiger partial charge in [0.15, 0.2) is 0 Å². The number of nitrogens with one attached hydrogen (secondary N) is 2. The molecule has 0 aromatic heterocycles. The highest BCUT2D eigenvalue weighted by atomic mass is 16.5. The number of carbonyl (C=O) groups is 2. The van der Waals surface area contributed by atoms with Crippen LogP contribution in [0.3, 0.4) is 0 Å². The van der Waals surface area contributed by atoms with Crippen molar-refractivity contribution in [3.8, 4) is 0 Å². The molecule has 24 heavy (non-hydrogen) atoms. The van der Waals surface area contributed by atoms with Gasteiger partial charge in [-0.1, -0.05) is 0 Å². The van der Waals surface area contributed by atoms with Gasteiger partial charge >= 0.3 is 5.97 Å². The van der Waals surface area contributed by atoms with E-state index in [4.69, 9.17) is 14.2 Å². The molecule has 0 fully saturated rings. The van der Waals surface area contributed by atoms with E-state index < -0.39 is 5.97 Å². The van der Waals surface area contributed by atoms with Crippen LogP contribution in [0.2, 0.25) is 0 Å². The topological polar surface area (TPSA) is 85.9 Å². The molecule has 0 aliphatic rings. The van der Waals surface area contributed by atoms with E-state index in [1.165, 1.54) is 0 Å². The van der Waals surface area contributed by atoms with Gasteiger partial charge in [0.25, 0.3) is 0 Å². The van der Waals surface area contributed by atoms with Crippen LogP contribution in [0.1, 0.15) is 31.1 Å². The highest BCUT2D eigenvalue weighted by molar-refractivity contribution is 5.97. The molecule has 0 bridgehead atoms. The van der Waals surface area contributed by atoms with Gasteiger partial charge in [0.2, 0.25) is 5.91 Å². The van der Waals surface area contributed by atoms with Gasteiger partial charge in [0, 0.05) is 13.2 Å². The molecule has 0 saturated heterocycles. The molecule has 0 aliphatic heterocycles. The maximum atomic E-state index is 11.9. The minimum Gasteiger partial charge on any atom is -0.462 e. The zero-order chi connectivity index (χ0) is 17.9. The average Bonchev–Trinajstić information content (AvgIpc) is 2.53. The third kappa shape index (κ3) is 6.97. The first-order chi connectivity index (χ1) is 11.5. The van der Waals surface area contributed by atoms with Crippen molar-refractivity contribution in [3.05, 3.63) is 23.8 Å². The summed E-state index contributed by atoms with van der Waals surface area (Å²) in [6.45, 7) is 6.72. The van der Waals surface area contributed by atoms with Gasteiger partial charge in [-0.2, -0.15) is 0 Å². The molecule has 0 heterocycles. The van der Waals surface area contributed by atoms with Gasteiger partial charge < -0.3 is 24.8 Å². The van der Waals surface area contributed by atoms with E-state index in [0.717, 1.165) is 0 Å². The SMILES string of the molecule is CCOC(=O)c1ccc(NC(=O)COCCOC)c(NC(C)C)c1. The second-order valence-corrected chi connectivity index (χ2v) is 5.37. The maximum absolute atomic E-state index is 11.9. The zero-order valence-electron chi connectivity index (χ0n) is 14.7. The Morgan fingerprint density at radius 3 is 2.54 bits per heavy atom. The van der Waals surface area contributed by atoms with Gasteiger partial charge in [-0.05, 0) is 39.0 Å². The number of esters is 1. The van der Waals surface area contributed by atoms with Crippen molar-refractivity contribution in [1.29, 1.82) is 0 Å². The molecule has 0 atom stereocenters. The molecule has 0 unspecified atom stereocenters. The number of methoxy groups -OCH3 is 1. The maximum Gasteiger partial charge on any atom is 0.338 e. The zero-order valence-corrected chi connectivity index (χ0v) is 14.7. The van der Waals surface area contributed by atoms with E-state index >= 15 is 0 Å². The van der Waals surface area contributed by atoms with E-state index in [1.807, 2.05) is 13.8 Å². The highest BCUT2D eigenvalue weighted by Gasteiger charge is 2.13. The molecular weight excluding hydrogens is 312 g/mol. The lowest BCUT2D eigenvalue weighted by Crippen LogP contribution is -2.21. The Morgan fingerprint density at radius 2 is 1.92 bits per heavy atom. The van der Waals surface area contributed by atoms with Crippen LogP contribution in [0.4, 0.5) is 11.4 Å². The molecule has 0 saturated carbocycles. The fourth-order valence-electron chi connectivity index (χ4n) is 1.92. The highest BCUT2D eigenvalue weighted by Crippen LogP contribution is 2.24. The summed E-state index contributed by atoms with van der Waals surface area (Å²) < 4.78 is 15.0. The van der Waals surface area contributed by atoms with E-state index in [2.05, 4.69) is 10.6 Å². The molecule has 0 radical (unpaired) electrons. The molecule has 1 aromatic rings. The Morgan fingerprint density at radius 1 is 1.17 bits per heavy atom. The fourth-order valence-corrected chi connectivity index (χ4v) is 1.92. The van der Waals surface area contributed by atoms with Crippen LogP contribution in [0.25, 0.3) is 0 Å². The summed E-state index contributed by atoms with van der Waals surface area (Å²) in [5.74, 6) is -0.674. The first-order valence-electron chi connectivity index (χ1n) is 7.92. The molecule has 0 spiro atoms. The van der Waals surface area contributed by atoms with Crippen LogP contribution in [0.5, 0.6) is 0 Å². The van der Waals surface area contributed by atoms with Crippen molar-refractivity contribution in [1.82, 2.24) is 0 Å². The minimum absolute atomic E-state index is 0.0654. The summed E-state index contributed by atoms with van der Waals surface area (Å²) in [4.78, 5) is 23.8. The number of carbonyl (C=O) groups excluding carboxylic acids is 2. The van der Waals surface area contributed by atoms with Crippen molar-refractivity contribution in [2.45, 2.75) is 26.8 Å². The number of rotatable bonds is 10. The summed E-state index contributed by atoms with van der Waals surface area (Å²) in [7, 11) is 1.57. The first kappa shape index (κ1) is 19.9. The molecular formula is C17H26N2O5. The monoisotopic (exact) mass is 338 g/mol. The molecule has 1 aromatic carbocycles. The van der Waals surface area contributed by atoms with Crippen LogP contribution in [0.15, 0.2) is 18.2 Å². The van der Waals surface area contributed by atoms with E-state index in [9.17, 15) is 9.59 Å². The Balaban J connectivity index is 2.80. The third-order valence-corrected chi connectivity index (χ3v) is 2.91. The number of hydrogen-bond acceptors (Lipinski definition) is 6. The van der Waals surface area contributed by atoms with E-state index in [0.29, 0.717) is 36.8 Å². The van der Waals surface area contributed by atoms with Crippen molar-refractivity contribution in [2.75, 3.05) is 44.2 Å². The van der Waals surface area contributed by atoms with Gasteiger partial charge in [0.1, 0.15) is 6.61 Å². The van der Waals surface area contributed by atoms with E-state index in [-0.39, 0.29) is 18.6 Å². The van der Waals surface area contributed by atoms with Crippen LogP contribution < -0.4 is 10.6 Å². The smallest absolute Gasteiger partial charge is 0.338 e. The predicted molar refractivity (Wildman–Crippen MR) is 92.5 cm³/mol. The summed E-state index contributed by atoms with van der Waals surface area (Å²) >= 11 is 0. The van der Waals surface area contributed by atoms with Gasteiger partial charge in [0.05, 0.1) is 36.8 Å². The predicted octanol–water partition coefficient (Wildman–Crippen LogP) is 2.29. The van der Waals surface area contributed by atoms with E-state index in [1.54, 1.807) is 32.2 Å². The van der Waals surface area contributed by atoms with Crippen molar-refractivity contribution >= 4 is 23.3 Å². The van der Waals surface area contributed by atoms with Gasteiger partial charge in [-0.3, -0.25) is 4.79 Å².